The maximum Gasteiger partial charge on any atom is 0.416 e. The van der Waals surface area contributed by atoms with E-state index in [1.54, 1.807) is 12.1 Å². The number of hydrogen-bond acceptors (Lipinski definition) is 7. The first-order valence-electron chi connectivity index (χ1n) is 11.0. The number of benzene rings is 3. The molecule has 3 aromatic carbocycles. The molecule has 0 fully saturated rings. The van der Waals surface area contributed by atoms with Gasteiger partial charge in [0.15, 0.2) is 11.9 Å². The fourth-order valence-electron chi connectivity index (χ4n) is 3.56. The van der Waals surface area contributed by atoms with Gasteiger partial charge in [-0.3, -0.25) is 14.9 Å². The Morgan fingerprint density at radius 3 is 2.59 bits per heavy atom. The number of aromatic nitrogens is 2. The van der Waals surface area contributed by atoms with Crippen LogP contribution in [0, 0.1) is 10.1 Å². The first-order chi connectivity index (χ1) is 18.4. The van der Waals surface area contributed by atoms with E-state index in [9.17, 15) is 38.0 Å². The van der Waals surface area contributed by atoms with Crippen LogP contribution in [-0.4, -0.2) is 38.0 Å². The quantitative estimate of drug-likeness (QED) is 0.167. The molecule has 0 saturated carbocycles. The lowest BCUT2D eigenvalue weighted by molar-refractivity contribution is -0.386. The molecule has 39 heavy (non-hydrogen) atoms. The zero-order valence-electron chi connectivity index (χ0n) is 19.7. The van der Waals surface area contributed by atoms with Gasteiger partial charge in [-0.15, -0.1) is 0 Å². The Bertz CT molecular complexity index is 1700. The molecule has 1 atom stereocenters. The summed E-state index contributed by atoms with van der Waals surface area (Å²) in [5, 5.41) is 25.1. The molecule has 200 valence electrons. The second-order valence-electron chi connectivity index (χ2n) is 8.09. The fraction of sp³-hybridized carbons (Fsp3) is 0.120. The van der Waals surface area contributed by atoms with Crippen LogP contribution in [0.15, 0.2) is 75.0 Å². The zero-order valence-corrected chi connectivity index (χ0v) is 21.3. The maximum atomic E-state index is 13.4. The minimum atomic E-state index is -4.66. The van der Waals surface area contributed by atoms with Gasteiger partial charge in [0.1, 0.15) is 0 Å². The van der Waals surface area contributed by atoms with E-state index < -0.39 is 45.7 Å². The Hall–Kier alpha value is -4.59. The molecule has 4 rings (SSSR count). The van der Waals surface area contributed by atoms with Crippen LogP contribution in [0.25, 0.3) is 22.3 Å². The van der Waals surface area contributed by atoms with Crippen LogP contribution in [0.5, 0.6) is 5.75 Å². The molecule has 1 aromatic heterocycles. The number of fused-ring (bicyclic) bond motifs is 1. The van der Waals surface area contributed by atoms with Crippen LogP contribution in [0.1, 0.15) is 18.1 Å². The number of para-hydroxylation sites is 1. The molecule has 0 aliphatic heterocycles. The summed E-state index contributed by atoms with van der Waals surface area (Å²) in [6, 6.07) is 12.7. The van der Waals surface area contributed by atoms with Gasteiger partial charge in [0.2, 0.25) is 5.75 Å². The SMILES string of the molecule is C[C@@H](Oc1c(C=Nn2c(-c3cccc(C(F)(F)F)c3)nc3ccccc3c2=O)cc(Br)cc1[N+](=O)[O-])C(=O)O. The summed E-state index contributed by atoms with van der Waals surface area (Å²) in [5.41, 5.74) is -2.23. The highest BCUT2D eigenvalue weighted by molar-refractivity contribution is 9.10. The molecular weight excluding hydrogens is 589 g/mol. The van der Waals surface area contributed by atoms with Crippen molar-refractivity contribution in [3.8, 4) is 17.1 Å². The van der Waals surface area contributed by atoms with Crippen LogP contribution in [0.4, 0.5) is 18.9 Å². The molecule has 4 aromatic rings. The van der Waals surface area contributed by atoms with Gasteiger partial charge in [-0.25, -0.2) is 9.78 Å². The Morgan fingerprint density at radius 1 is 1.21 bits per heavy atom. The molecule has 0 saturated heterocycles. The molecule has 0 unspecified atom stereocenters. The maximum absolute atomic E-state index is 13.4. The fourth-order valence-corrected chi connectivity index (χ4v) is 4.02. The predicted molar refractivity (Wildman–Crippen MR) is 138 cm³/mol. The summed E-state index contributed by atoms with van der Waals surface area (Å²) < 4.78 is 46.5. The Labute approximate surface area is 225 Å². The van der Waals surface area contributed by atoms with Crippen molar-refractivity contribution < 1.29 is 32.7 Å². The van der Waals surface area contributed by atoms with Crippen molar-refractivity contribution in [2.24, 2.45) is 5.10 Å². The van der Waals surface area contributed by atoms with Crippen molar-refractivity contribution in [3.05, 3.63) is 96.7 Å². The van der Waals surface area contributed by atoms with Crippen LogP contribution < -0.4 is 10.3 Å². The third-order valence-corrected chi connectivity index (χ3v) is 5.87. The predicted octanol–water partition coefficient (Wildman–Crippen LogP) is 5.49. The number of halogens is 4. The zero-order chi connectivity index (χ0) is 28.5. The number of alkyl halides is 3. The lowest BCUT2D eigenvalue weighted by Crippen LogP contribution is -2.24. The normalized spacial score (nSPS) is 12.5. The average Bonchev–Trinajstić information content (AvgIpc) is 2.88. The number of nitro groups is 1. The van der Waals surface area contributed by atoms with E-state index in [0.717, 1.165) is 35.2 Å². The first-order valence-corrected chi connectivity index (χ1v) is 11.8. The number of ether oxygens (including phenoxy) is 1. The molecule has 0 bridgehead atoms. The summed E-state index contributed by atoms with van der Waals surface area (Å²) >= 11 is 3.14. The van der Waals surface area contributed by atoms with E-state index in [2.05, 4.69) is 26.0 Å². The molecule has 0 radical (unpaired) electrons. The van der Waals surface area contributed by atoms with Gasteiger partial charge in [-0.05, 0) is 37.3 Å². The van der Waals surface area contributed by atoms with Crippen LogP contribution in [0.3, 0.4) is 0 Å². The van der Waals surface area contributed by atoms with E-state index in [-0.39, 0.29) is 32.3 Å². The number of carbonyl (C=O) groups is 1. The van der Waals surface area contributed by atoms with Gasteiger partial charge in [0, 0.05) is 21.7 Å². The minimum absolute atomic E-state index is 0.0685. The number of carboxylic acid groups (broad SMARTS) is 1. The van der Waals surface area contributed by atoms with Crippen molar-refractivity contribution >= 4 is 44.7 Å². The van der Waals surface area contributed by atoms with Gasteiger partial charge < -0.3 is 9.84 Å². The van der Waals surface area contributed by atoms with E-state index in [1.165, 1.54) is 31.2 Å². The number of nitro benzene ring substituents is 1. The average molecular weight is 605 g/mol. The molecule has 0 aliphatic carbocycles. The Kier molecular flexibility index (Phi) is 7.49. The van der Waals surface area contributed by atoms with Crippen molar-refractivity contribution in [1.29, 1.82) is 0 Å². The number of rotatable bonds is 7. The third kappa shape index (κ3) is 5.80. The number of nitrogens with zero attached hydrogens (tertiary/aromatic N) is 4. The van der Waals surface area contributed by atoms with E-state index >= 15 is 0 Å². The molecule has 0 aliphatic rings. The van der Waals surface area contributed by atoms with Gasteiger partial charge in [0.05, 0.1) is 27.6 Å². The molecule has 1 heterocycles. The van der Waals surface area contributed by atoms with Crippen molar-refractivity contribution in [2.45, 2.75) is 19.2 Å². The van der Waals surface area contributed by atoms with Gasteiger partial charge in [-0.1, -0.05) is 40.2 Å². The topological polar surface area (TPSA) is 137 Å². The summed E-state index contributed by atoms with van der Waals surface area (Å²) in [4.78, 5) is 39.9. The van der Waals surface area contributed by atoms with E-state index in [1.807, 2.05) is 0 Å². The Morgan fingerprint density at radius 2 is 1.92 bits per heavy atom. The number of aliphatic carboxylic acids is 1. The number of carboxylic acids is 1. The van der Waals surface area contributed by atoms with Gasteiger partial charge in [0.25, 0.3) is 5.56 Å². The summed E-state index contributed by atoms with van der Waals surface area (Å²) in [6.07, 6.45) is -5.15. The molecule has 0 spiro atoms. The second kappa shape index (κ2) is 10.6. The smallest absolute Gasteiger partial charge is 0.416 e. The largest absolute Gasteiger partial charge is 0.479 e. The minimum Gasteiger partial charge on any atom is -0.479 e. The number of hydrogen-bond donors (Lipinski definition) is 1. The summed E-state index contributed by atoms with van der Waals surface area (Å²) in [7, 11) is 0. The lowest BCUT2D eigenvalue weighted by atomic mass is 10.1. The molecular formula is C25H16BrF3N4O6. The molecule has 14 heteroatoms. The van der Waals surface area contributed by atoms with Crippen LogP contribution in [-0.2, 0) is 11.0 Å². The third-order valence-electron chi connectivity index (χ3n) is 5.42. The first kappa shape index (κ1) is 27.4. The van der Waals surface area contributed by atoms with Crippen molar-refractivity contribution in [3.63, 3.8) is 0 Å². The lowest BCUT2D eigenvalue weighted by Gasteiger charge is -2.14. The highest BCUT2D eigenvalue weighted by Crippen LogP contribution is 2.35. The van der Waals surface area contributed by atoms with E-state index in [0.29, 0.717) is 0 Å². The van der Waals surface area contributed by atoms with Crippen molar-refractivity contribution in [2.75, 3.05) is 0 Å². The van der Waals surface area contributed by atoms with Gasteiger partial charge in [-0.2, -0.15) is 22.9 Å². The van der Waals surface area contributed by atoms with E-state index in [4.69, 9.17) is 4.74 Å². The molecule has 0 amide bonds. The monoisotopic (exact) mass is 604 g/mol. The highest BCUT2D eigenvalue weighted by Gasteiger charge is 2.31. The van der Waals surface area contributed by atoms with Crippen LogP contribution in [0.2, 0.25) is 0 Å². The summed E-state index contributed by atoms with van der Waals surface area (Å²) in [6.45, 7) is 1.17. The van der Waals surface area contributed by atoms with Crippen LogP contribution >= 0.6 is 15.9 Å². The standard InChI is InChI=1S/C25H16BrF3N4O6/c1-13(24(35)36)39-21-15(10-17(26)11-20(21)33(37)38)12-30-32-22(14-5-4-6-16(9-14)25(27,28)29)31-19-8-3-2-7-18(19)23(32)34/h2-13H,1H3,(H,35,36)/t13-/m1/s1. The second-order valence-corrected chi connectivity index (χ2v) is 9.01. The summed E-state index contributed by atoms with van der Waals surface area (Å²) in [5.74, 6) is -2.06. The van der Waals surface area contributed by atoms with Crippen molar-refractivity contribution in [1.82, 2.24) is 9.66 Å². The Balaban J connectivity index is 1.96. The van der Waals surface area contributed by atoms with Gasteiger partial charge >= 0.3 is 17.8 Å². The highest BCUT2D eigenvalue weighted by atomic mass is 79.9. The molecule has 10 nitrogen and oxygen atoms in total. The molecule has 1 N–H and O–H groups in total.